The van der Waals surface area contributed by atoms with E-state index in [2.05, 4.69) is 0 Å². The molecule has 0 fully saturated rings. The van der Waals surface area contributed by atoms with Gasteiger partial charge in [0.1, 0.15) is 34.7 Å². The molecule has 1 aromatic rings. The predicted molar refractivity (Wildman–Crippen MR) is 223 cm³/mol. The summed E-state index contributed by atoms with van der Waals surface area (Å²) in [5, 5.41) is 9.92. The second kappa shape index (κ2) is 19.4. The quantitative estimate of drug-likeness (QED) is 0.0961. The molecule has 336 valence electrons. The Morgan fingerprint density at radius 2 is 1.41 bits per heavy atom. The minimum absolute atomic E-state index is 0.0337. The van der Waals surface area contributed by atoms with E-state index in [9.17, 15) is 61.8 Å². The van der Waals surface area contributed by atoms with E-state index in [1.54, 1.807) is 58.9 Å². The average molecular weight is 926 g/mol. The van der Waals surface area contributed by atoms with Crippen LogP contribution in [0.2, 0.25) is 0 Å². The van der Waals surface area contributed by atoms with E-state index in [1.807, 2.05) is 32.9 Å². The third-order valence-electron chi connectivity index (χ3n) is 10.1. The average Bonchev–Trinajstić information content (AvgIpc) is 3.34. The van der Waals surface area contributed by atoms with Crippen LogP contribution in [0.5, 0.6) is 0 Å². The van der Waals surface area contributed by atoms with Gasteiger partial charge in [-0.05, 0) is 73.7 Å². The zero-order chi connectivity index (χ0) is 45.6. The fourth-order valence-corrected chi connectivity index (χ4v) is 9.14. The first-order valence-corrected chi connectivity index (χ1v) is 25.3. The van der Waals surface area contributed by atoms with Crippen LogP contribution in [0.15, 0.2) is 81.8 Å². The first kappa shape index (κ1) is 49.4. The van der Waals surface area contributed by atoms with Crippen LogP contribution in [0.4, 0.5) is 5.69 Å². The standard InChI is InChI=1S/C40H52N2O15S4/c1-39(2,3)37-26-29(32-17-15-30(27-35(32)57-37)41(20-9-23-58(45,46)47)21-10-24-59(48,49)50)12-6-5-7-13-36-40(4,19-8-14-38(43)44)33-28-31(61(54,55)56)16-18-34(33)42(36)22-11-25-60(51,52)53/h5-7,12-13,15-18,26-28H,8-11,14,19-25H2,1-4H3,(H4-,43,44,45,46,47,48,49,50,51,52,53,54,55,56)/p-3. The van der Waals surface area contributed by atoms with E-state index < -0.39 is 79.4 Å². The molecule has 1 aromatic carbocycles. The molecule has 2 aliphatic heterocycles. The van der Waals surface area contributed by atoms with Gasteiger partial charge in [0.15, 0.2) is 0 Å². The molecular formula is C40H49N2O15S4-3. The summed E-state index contributed by atoms with van der Waals surface area (Å²) in [6, 6.07) is 10.9. The lowest BCUT2D eigenvalue weighted by molar-refractivity contribution is -0.137. The molecule has 1 N–H and O–H groups in total. The minimum Gasteiger partial charge on any atom is -0.748 e. The predicted octanol–water partition coefficient (Wildman–Crippen LogP) is 3.65. The summed E-state index contributed by atoms with van der Waals surface area (Å²) in [7, 11) is -18.5. The van der Waals surface area contributed by atoms with Crippen LogP contribution in [-0.4, -0.2) is 99.9 Å². The highest BCUT2D eigenvalue weighted by atomic mass is 32.2. The Hall–Kier alpha value is -4.22. The Bertz CT molecular complexity index is 2650. The van der Waals surface area contributed by atoms with Crippen LogP contribution in [0.1, 0.15) is 83.1 Å². The van der Waals surface area contributed by atoms with Crippen molar-refractivity contribution in [2.75, 3.05) is 41.8 Å². The number of benzene rings is 2. The number of allylic oxidation sites excluding steroid dienone is 5. The molecule has 4 rings (SSSR count). The Balaban J connectivity index is 1.80. The van der Waals surface area contributed by atoms with Gasteiger partial charge in [-0.2, -0.15) is 0 Å². The Morgan fingerprint density at radius 3 is 1.97 bits per heavy atom. The number of aliphatic carboxylic acids is 1. The third-order valence-corrected chi connectivity index (χ3v) is 13.3. The van der Waals surface area contributed by atoms with Crippen molar-refractivity contribution in [2.45, 2.75) is 81.9 Å². The first-order valence-electron chi connectivity index (χ1n) is 19.2. The van der Waals surface area contributed by atoms with Crippen LogP contribution in [0.25, 0.3) is 17.4 Å². The van der Waals surface area contributed by atoms with E-state index in [0.29, 0.717) is 39.4 Å². The number of hydrogen-bond acceptors (Lipinski definition) is 15. The molecule has 0 aromatic heterocycles. The molecule has 0 bridgehead atoms. The summed E-state index contributed by atoms with van der Waals surface area (Å²) >= 11 is 0. The van der Waals surface area contributed by atoms with Gasteiger partial charge in [0.05, 0.1) is 41.3 Å². The molecular weight excluding hydrogens is 877 g/mol. The maximum atomic E-state index is 12.0. The number of carboxylic acid groups (broad SMARTS) is 1. The van der Waals surface area contributed by atoms with Crippen LogP contribution in [0.3, 0.4) is 0 Å². The fourth-order valence-electron chi connectivity index (χ4n) is 7.19. The molecule has 3 aliphatic rings. The van der Waals surface area contributed by atoms with Gasteiger partial charge >= 0.3 is 5.97 Å². The molecule has 0 saturated heterocycles. The van der Waals surface area contributed by atoms with Crippen molar-refractivity contribution in [1.29, 1.82) is 0 Å². The summed E-state index contributed by atoms with van der Waals surface area (Å²) in [6.07, 6.45) is 8.70. The highest BCUT2D eigenvalue weighted by Crippen LogP contribution is 2.51. The van der Waals surface area contributed by atoms with E-state index in [0.717, 1.165) is 11.6 Å². The molecule has 2 heterocycles. The Labute approximate surface area is 357 Å². The highest BCUT2D eigenvalue weighted by Gasteiger charge is 2.43. The van der Waals surface area contributed by atoms with Crippen LogP contribution < -0.4 is 14.8 Å². The maximum absolute atomic E-state index is 12.0. The summed E-state index contributed by atoms with van der Waals surface area (Å²) in [5.41, 5.74) is 1.35. The summed E-state index contributed by atoms with van der Waals surface area (Å²) in [5.74, 6) is -1.95. The summed E-state index contributed by atoms with van der Waals surface area (Å²) < 4.78 is 146. The second-order valence-corrected chi connectivity index (χ2v) is 21.9. The highest BCUT2D eigenvalue weighted by molar-refractivity contribution is 7.86. The number of carbonyl (C=O) groups is 1. The van der Waals surface area contributed by atoms with Gasteiger partial charge in [0, 0.05) is 76.9 Å². The molecule has 0 radical (unpaired) electrons. The molecule has 0 amide bonds. The van der Waals surface area contributed by atoms with Crippen molar-refractivity contribution >= 4 is 58.2 Å². The first-order chi connectivity index (χ1) is 28.1. The molecule has 21 heteroatoms. The van der Waals surface area contributed by atoms with E-state index >= 15 is 0 Å². The fraction of sp³-hybridized carbons (Fsp3) is 0.450. The molecule has 0 saturated carbocycles. The molecule has 1 atom stereocenters. The van der Waals surface area contributed by atoms with Crippen molar-refractivity contribution in [3.8, 4) is 11.3 Å². The van der Waals surface area contributed by atoms with Gasteiger partial charge in [-0.15, -0.1) is 0 Å². The number of rotatable bonds is 20. The van der Waals surface area contributed by atoms with Crippen LogP contribution >= 0.6 is 0 Å². The zero-order valence-corrected chi connectivity index (χ0v) is 37.4. The Morgan fingerprint density at radius 1 is 0.803 bits per heavy atom. The van der Waals surface area contributed by atoms with Crippen molar-refractivity contribution in [3.05, 3.63) is 94.7 Å². The van der Waals surface area contributed by atoms with Crippen molar-refractivity contribution in [1.82, 2.24) is 4.58 Å². The van der Waals surface area contributed by atoms with Gasteiger partial charge in [0.25, 0.3) is 0 Å². The lowest BCUT2D eigenvalue weighted by Crippen LogP contribution is -2.33. The van der Waals surface area contributed by atoms with Gasteiger partial charge in [-0.1, -0.05) is 45.1 Å². The van der Waals surface area contributed by atoms with Crippen molar-refractivity contribution < 1.29 is 66.2 Å². The van der Waals surface area contributed by atoms with E-state index in [1.165, 1.54) is 12.1 Å². The van der Waals surface area contributed by atoms with Gasteiger partial charge < -0.3 is 32.6 Å². The second-order valence-electron chi connectivity index (χ2n) is 16.0. The number of nitrogens with zero attached hydrogens (tertiary/aromatic N) is 2. The van der Waals surface area contributed by atoms with E-state index in [-0.39, 0.29) is 58.2 Å². The zero-order valence-electron chi connectivity index (χ0n) is 34.1. The largest absolute Gasteiger partial charge is 0.748 e. The molecule has 17 nitrogen and oxygen atoms in total. The van der Waals surface area contributed by atoms with Crippen LogP contribution in [0, 0.1) is 0 Å². The summed E-state index contributed by atoms with van der Waals surface area (Å²) in [4.78, 5) is 12.7. The SMILES string of the molecule is CC(C)(C)c1cc(C=CC=CC=C2N(CCCS(=O)(=O)[O-])c3ccc(S(=O)(=O)[O-])cc3C2(C)CCCC(=O)O)c2ccc(=[N+](CCCS(=O)(=O)[O-])CCCS(=O)(=O)[O-])cc-2o1. The molecule has 0 spiro atoms. The number of fused-ring (bicyclic) bond motifs is 2. The number of anilines is 1. The van der Waals surface area contributed by atoms with Crippen molar-refractivity contribution in [2.24, 2.45) is 0 Å². The lowest BCUT2D eigenvalue weighted by Gasteiger charge is -2.30. The minimum atomic E-state index is -4.88. The Kier molecular flexibility index (Phi) is 15.8. The molecule has 1 unspecified atom stereocenters. The number of hydrogen-bond donors (Lipinski definition) is 1. The topological polar surface area (TPSA) is 285 Å². The molecule has 1 aliphatic carbocycles. The van der Waals surface area contributed by atoms with Gasteiger partial charge in [-0.3, -0.25) is 4.79 Å². The normalized spacial score (nSPS) is 17.2. The van der Waals surface area contributed by atoms with E-state index in [4.69, 9.17) is 4.42 Å². The van der Waals surface area contributed by atoms with Crippen LogP contribution in [-0.2, 0) is 56.1 Å². The third kappa shape index (κ3) is 14.4. The number of carboxylic acids is 1. The maximum Gasteiger partial charge on any atom is 0.303 e. The van der Waals surface area contributed by atoms with Crippen molar-refractivity contribution in [3.63, 3.8) is 0 Å². The monoisotopic (exact) mass is 925 g/mol. The lowest BCUT2D eigenvalue weighted by atomic mass is 9.77. The smallest absolute Gasteiger partial charge is 0.303 e. The van der Waals surface area contributed by atoms with Gasteiger partial charge in [-0.25, -0.2) is 38.2 Å². The molecule has 61 heavy (non-hydrogen) atoms. The van der Waals surface area contributed by atoms with Gasteiger partial charge in [0.2, 0.25) is 5.36 Å². The summed E-state index contributed by atoms with van der Waals surface area (Å²) in [6.45, 7) is 7.80.